The Kier molecular flexibility index (Phi) is 6.96. The summed E-state index contributed by atoms with van der Waals surface area (Å²) >= 11 is 1.17. The number of nitrogens with zero attached hydrogens (tertiary/aromatic N) is 3. The lowest BCUT2D eigenvalue weighted by Gasteiger charge is -2.33. The summed E-state index contributed by atoms with van der Waals surface area (Å²) in [4.78, 5) is 49.5. The lowest BCUT2D eigenvalue weighted by molar-refractivity contribution is -0.126. The molecule has 2 N–H and O–H groups in total. The molecular weight excluding hydrogens is 462 g/mol. The summed E-state index contributed by atoms with van der Waals surface area (Å²) in [6.07, 6.45) is 5.43. The third kappa shape index (κ3) is 5.63. The normalized spacial score (nSPS) is 18.6. The number of Topliss-reactive ketones (excluding diaryl/α,β-unsaturated/α-hetero) is 1. The SMILES string of the molecule is O=C(Nc1nc2c(s1)C(=O)C[C@@H](C(=O)NC1CCN(Cc3ccccc3)CC1)C2)c1cccnc1. The molecule has 9 heteroatoms. The number of likely N-dealkylation sites (tertiary alicyclic amines) is 1. The number of amides is 2. The third-order valence-corrected chi connectivity index (χ3v) is 7.57. The summed E-state index contributed by atoms with van der Waals surface area (Å²) in [6.45, 7) is 2.78. The van der Waals surface area contributed by atoms with E-state index >= 15 is 0 Å². The van der Waals surface area contributed by atoms with Gasteiger partial charge in [-0.1, -0.05) is 41.7 Å². The third-order valence-electron chi connectivity index (χ3n) is 6.52. The minimum absolute atomic E-state index is 0.0838. The first kappa shape index (κ1) is 23.3. The first-order valence-corrected chi connectivity index (χ1v) is 12.7. The Morgan fingerprint density at radius 3 is 2.60 bits per heavy atom. The van der Waals surface area contributed by atoms with Crippen LogP contribution in [0.5, 0.6) is 0 Å². The van der Waals surface area contributed by atoms with Gasteiger partial charge in [0.2, 0.25) is 5.91 Å². The Hall–Kier alpha value is -3.43. The summed E-state index contributed by atoms with van der Waals surface area (Å²) < 4.78 is 0. The summed E-state index contributed by atoms with van der Waals surface area (Å²) in [5, 5.41) is 6.27. The van der Waals surface area contributed by atoms with Gasteiger partial charge in [0.05, 0.1) is 22.1 Å². The van der Waals surface area contributed by atoms with E-state index in [0.717, 1.165) is 32.5 Å². The molecule has 0 spiro atoms. The Labute approximate surface area is 207 Å². The van der Waals surface area contributed by atoms with Gasteiger partial charge in [-0.15, -0.1) is 0 Å². The molecule has 0 bridgehead atoms. The van der Waals surface area contributed by atoms with Crippen molar-refractivity contribution in [2.24, 2.45) is 5.92 Å². The monoisotopic (exact) mass is 489 g/mol. The zero-order valence-electron chi connectivity index (χ0n) is 19.3. The molecule has 1 aliphatic carbocycles. The van der Waals surface area contributed by atoms with Crippen molar-refractivity contribution in [3.05, 3.63) is 76.6 Å². The maximum absolute atomic E-state index is 13.0. The molecule has 5 rings (SSSR count). The number of thiazole rings is 1. The van der Waals surface area contributed by atoms with Gasteiger partial charge in [-0.05, 0) is 30.5 Å². The number of benzene rings is 1. The predicted octanol–water partition coefficient (Wildman–Crippen LogP) is 3.32. The highest BCUT2D eigenvalue weighted by atomic mass is 32.1. The van der Waals surface area contributed by atoms with E-state index in [1.165, 1.54) is 23.1 Å². The van der Waals surface area contributed by atoms with Gasteiger partial charge in [-0.3, -0.25) is 29.6 Å². The van der Waals surface area contributed by atoms with Crippen LogP contribution in [-0.2, 0) is 17.8 Å². The Morgan fingerprint density at radius 1 is 1.06 bits per heavy atom. The maximum atomic E-state index is 13.0. The van der Waals surface area contributed by atoms with Crippen LogP contribution < -0.4 is 10.6 Å². The lowest BCUT2D eigenvalue weighted by Crippen LogP contribution is -2.47. The van der Waals surface area contributed by atoms with Gasteiger partial charge in [0.25, 0.3) is 5.91 Å². The van der Waals surface area contributed by atoms with Crippen LogP contribution in [0, 0.1) is 5.92 Å². The van der Waals surface area contributed by atoms with E-state index in [1.54, 1.807) is 18.3 Å². The van der Waals surface area contributed by atoms with Crippen LogP contribution >= 0.6 is 11.3 Å². The quantitative estimate of drug-likeness (QED) is 0.551. The van der Waals surface area contributed by atoms with Crippen molar-refractivity contribution in [2.75, 3.05) is 18.4 Å². The van der Waals surface area contributed by atoms with E-state index in [2.05, 4.69) is 49.8 Å². The van der Waals surface area contributed by atoms with Crippen molar-refractivity contribution >= 4 is 34.1 Å². The molecule has 2 aromatic heterocycles. The second-order valence-corrected chi connectivity index (χ2v) is 10.1. The van der Waals surface area contributed by atoms with E-state index in [4.69, 9.17) is 0 Å². The smallest absolute Gasteiger partial charge is 0.259 e. The van der Waals surface area contributed by atoms with Gasteiger partial charge in [0, 0.05) is 50.9 Å². The van der Waals surface area contributed by atoms with Crippen LogP contribution in [0.3, 0.4) is 0 Å². The summed E-state index contributed by atoms with van der Waals surface area (Å²) in [5.41, 5.74) is 2.30. The Balaban J connectivity index is 1.14. The van der Waals surface area contributed by atoms with Crippen molar-refractivity contribution in [2.45, 2.75) is 38.3 Å². The number of fused-ring (bicyclic) bond motifs is 1. The number of hydrogen-bond acceptors (Lipinski definition) is 7. The molecule has 1 aromatic carbocycles. The second-order valence-electron chi connectivity index (χ2n) is 9.06. The first-order valence-electron chi connectivity index (χ1n) is 11.9. The molecule has 3 aromatic rings. The average molecular weight is 490 g/mol. The molecule has 1 atom stereocenters. The van der Waals surface area contributed by atoms with E-state index < -0.39 is 5.92 Å². The molecule has 3 heterocycles. The van der Waals surface area contributed by atoms with Crippen molar-refractivity contribution < 1.29 is 14.4 Å². The van der Waals surface area contributed by atoms with Gasteiger partial charge in [0.1, 0.15) is 0 Å². The standard InChI is InChI=1S/C26H27N5O3S/c32-22-14-19(13-21-23(22)35-26(29-21)30-24(33)18-7-4-10-27-15-18)25(34)28-20-8-11-31(12-9-20)16-17-5-2-1-3-6-17/h1-7,10,15,19-20H,8-9,11-14,16H2,(H,28,34)(H,29,30,33)/t19-/m0/s1. The highest BCUT2D eigenvalue weighted by molar-refractivity contribution is 7.17. The number of pyridine rings is 1. The van der Waals surface area contributed by atoms with Crippen LogP contribution in [0.1, 0.15) is 50.5 Å². The predicted molar refractivity (Wildman–Crippen MR) is 133 cm³/mol. The van der Waals surface area contributed by atoms with Gasteiger partial charge in [-0.25, -0.2) is 4.98 Å². The topological polar surface area (TPSA) is 104 Å². The second kappa shape index (κ2) is 10.5. The fourth-order valence-electron chi connectivity index (χ4n) is 4.63. The molecular formula is C26H27N5O3S. The number of aromatic nitrogens is 2. The van der Waals surface area contributed by atoms with Crippen LogP contribution in [-0.4, -0.2) is 51.6 Å². The van der Waals surface area contributed by atoms with E-state index in [9.17, 15) is 14.4 Å². The van der Waals surface area contributed by atoms with Crippen LogP contribution in [0.15, 0.2) is 54.9 Å². The van der Waals surface area contributed by atoms with Crippen molar-refractivity contribution in [1.82, 2.24) is 20.2 Å². The zero-order valence-corrected chi connectivity index (χ0v) is 20.1. The van der Waals surface area contributed by atoms with E-state index in [0.29, 0.717) is 27.7 Å². The largest absolute Gasteiger partial charge is 0.353 e. The van der Waals surface area contributed by atoms with Crippen molar-refractivity contribution in [1.29, 1.82) is 0 Å². The van der Waals surface area contributed by atoms with Gasteiger partial charge >= 0.3 is 0 Å². The highest BCUT2D eigenvalue weighted by Gasteiger charge is 2.34. The number of hydrogen-bond donors (Lipinski definition) is 2. The summed E-state index contributed by atoms with van der Waals surface area (Å²) in [6, 6.07) is 13.9. The lowest BCUT2D eigenvalue weighted by atomic mass is 9.89. The van der Waals surface area contributed by atoms with Gasteiger partial charge < -0.3 is 5.32 Å². The average Bonchev–Trinajstić information content (AvgIpc) is 3.29. The minimum atomic E-state index is -0.429. The first-order chi connectivity index (χ1) is 17.0. The summed E-state index contributed by atoms with van der Waals surface area (Å²) in [5.74, 6) is -0.936. The zero-order chi connectivity index (χ0) is 24.2. The van der Waals surface area contributed by atoms with Crippen LogP contribution in [0.2, 0.25) is 0 Å². The Morgan fingerprint density at radius 2 is 1.86 bits per heavy atom. The fraction of sp³-hybridized carbons (Fsp3) is 0.346. The molecule has 1 aliphatic heterocycles. The molecule has 180 valence electrons. The van der Waals surface area contributed by atoms with E-state index in [1.807, 2.05) is 6.07 Å². The number of rotatable bonds is 6. The van der Waals surface area contributed by atoms with Gasteiger partial charge in [-0.2, -0.15) is 0 Å². The number of ketones is 1. The molecule has 2 amide bonds. The Bertz CT molecular complexity index is 1210. The number of carbonyl (C=O) groups excluding carboxylic acids is 3. The highest BCUT2D eigenvalue weighted by Crippen LogP contribution is 2.32. The molecule has 0 unspecified atom stereocenters. The maximum Gasteiger partial charge on any atom is 0.259 e. The molecule has 1 fully saturated rings. The molecule has 0 radical (unpaired) electrons. The molecule has 0 saturated carbocycles. The fourth-order valence-corrected chi connectivity index (χ4v) is 5.57. The molecule has 2 aliphatic rings. The summed E-state index contributed by atoms with van der Waals surface area (Å²) in [7, 11) is 0. The number of piperidine rings is 1. The van der Waals surface area contributed by atoms with Crippen molar-refractivity contribution in [3.63, 3.8) is 0 Å². The number of carbonyl (C=O) groups is 3. The van der Waals surface area contributed by atoms with Gasteiger partial charge in [0.15, 0.2) is 10.9 Å². The van der Waals surface area contributed by atoms with Crippen LogP contribution in [0.25, 0.3) is 0 Å². The molecule has 35 heavy (non-hydrogen) atoms. The van der Waals surface area contributed by atoms with E-state index in [-0.39, 0.29) is 30.1 Å². The number of nitrogens with one attached hydrogen (secondary N) is 2. The molecule has 1 saturated heterocycles. The van der Waals surface area contributed by atoms with Crippen molar-refractivity contribution in [3.8, 4) is 0 Å². The van der Waals surface area contributed by atoms with Crippen LogP contribution in [0.4, 0.5) is 5.13 Å². The number of anilines is 1. The molecule has 8 nitrogen and oxygen atoms in total. The minimum Gasteiger partial charge on any atom is -0.353 e.